The van der Waals surface area contributed by atoms with Crippen molar-refractivity contribution in [2.45, 2.75) is 24.7 Å². The molecule has 0 aromatic carbocycles. The summed E-state index contributed by atoms with van der Waals surface area (Å²) in [6.45, 7) is 1.49. The Hall–Kier alpha value is -0.870. The Morgan fingerprint density at radius 1 is 1.60 bits per heavy atom. The zero-order valence-corrected chi connectivity index (χ0v) is 9.26. The van der Waals surface area contributed by atoms with Gasteiger partial charge in [0.1, 0.15) is 0 Å². The normalized spacial score (nSPS) is 18.4. The number of ether oxygens (including phenoxy) is 1. The number of carboxylic acids is 1. The molecule has 0 aliphatic carbocycles. The van der Waals surface area contributed by atoms with Gasteiger partial charge in [0.05, 0.1) is 18.6 Å². The standard InChI is InChI=1S/C11H14O3S/c12-10(13)4-1-5-11(7-14-8-11)9-3-2-6-15-9/h2-3,6H,1,4-5,7-8H2,(H,12,13). The SMILES string of the molecule is O=C(O)CCCC1(c2cccs2)COC1. The number of rotatable bonds is 5. The van der Waals surface area contributed by atoms with Gasteiger partial charge in [-0.1, -0.05) is 6.07 Å². The van der Waals surface area contributed by atoms with Crippen LogP contribution in [0.4, 0.5) is 0 Å². The summed E-state index contributed by atoms with van der Waals surface area (Å²) < 4.78 is 5.28. The summed E-state index contributed by atoms with van der Waals surface area (Å²) in [5.41, 5.74) is 0.115. The fraction of sp³-hybridized carbons (Fsp3) is 0.545. The Labute approximate surface area is 92.7 Å². The predicted octanol–water partition coefficient (Wildman–Crippen LogP) is 2.27. The van der Waals surface area contributed by atoms with Gasteiger partial charge in [-0.15, -0.1) is 11.3 Å². The zero-order valence-electron chi connectivity index (χ0n) is 8.44. The highest BCUT2D eigenvalue weighted by molar-refractivity contribution is 7.10. The highest BCUT2D eigenvalue weighted by atomic mass is 32.1. The summed E-state index contributed by atoms with van der Waals surface area (Å²) >= 11 is 1.74. The second-order valence-electron chi connectivity index (χ2n) is 4.00. The van der Waals surface area contributed by atoms with Gasteiger partial charge in [0, 0.05) is 11.3 Å². The van der Waals surface area contributed by atoms with Crippen molar-refractivity contribution in [3.05, 3.63) is 22.4 Å². The molecule has 1 aromatic rings. The van der Waals surface area contributed by atoms with E-state index in [1.807, 2.05) is 6.07 Å². The first kappa shape index (κ1) is 10.6. The Bertz CT molecular complexity index is 328. The van der Waals surface area contributed by atoms with Crippen LogP contribution in [0.25, 0.3) is 0 Å². The van der Waals surface area contributed by atoms with Crippen molar-refractivity contribution < 1.29 is 14.6 Å². The molecule has 15 heavy (non-hydrogen) atoms. The lowest BCUT2D eigenvalue weighted by atomic mass is 9.79. The van der Waals surface area contributed by atoms with Gasteiger partial charge >= 0.3 is 5.97 Å². The zero-order chi connectivity index (χ0) is 10.7. The van der Waals surface area contributed by atoms with Crippen LogP contribution in [-0.4, -0.2) is 24.3 Å². The Morgan fingerprint density at radius 2 is 2.40 bits per heavy atom. The van der Waals surface area contributed by atoms with Gasteiger partial charge in [-0.2, -0.15) is 0 Å². The fourth-order valence-corrected chi connectivity index (χ4v) is 2.85. The van der Waals surface area contributed by atoms with E-state index >= 15 is 0 Å². The molecule has 0 radical (unpaired) electrons. The minimum Gasteiger partial charge on any atom is -0.481 e. The molecule has 82 valence electrons. The third-order valence-electron chi connectivity index (χ3n) is 2.85. The van der Waals surface area contributed by atoms with Gasteiger partial charge in [0.2, 0.25) is 0 Å². The maximum Gasteiger partial charge on any atom is 0.303 e. The van der Waals surface area contributed by atoms with Crippen molar-refractivity contribution in [1.29, 1.82) is 0 Å². The average Bonchev–Trinajstić information content (AvgIpc) is 2.62. The molecule has 2 heterocycles. The monoisotopic (exact) mass is 226 g/mol. The quantitative estimate of drug-likeness (QED) is 0.837. The van der Waals surface area contributed by atoms with Gasteiger partial charge in [0.15, 0.2) is 0 Å². The highest BCUT2D eigenvalue weighted by Gasteiger charge is 2.40. The number of thiophene rings is 1. The molecule has 0 atom stereocenters. The van der Waals surface area contributed by atoms with Crippen LogP contribution >= 0.6 is 11.3 Å². The molecule has 1 aromatic heterocycles. The van der Waals surface area contributed by atoms with Gasteiger partial charge in [-0.25, -0.2) is 0 Å². The van der Waals surface area contributed by atoms with E-state index in [4.69, 9.17) is 9.84 Å². The van der Waals surface area contributed by atoms with Crippen LogP contribution in [0.3, 0.4) is 0 Å². The topological polar surface area (TPSA) is 46.5 Å². The molecule has 2 rings (SSSR count). The maximum atomic E-state index is 10.4. The number of carboxylic acid groups (broad SMARTS) is 1. The second-order valence-corrected chi connectivity index (χ2v) is 4.95. The summed E-state index contributed by atoms with van der Waals surface area (Å²) in [7, 11) is 0. The lowest BCUT2D eigenvalue weighted by Gasteiger charge is -2.41. The van der Waals surface area contributed by atoms with Crippen molar-refractivity contribution >= 4 is 17.3 Å². The minimum absolute atomic E-state index is 0.115. The first-order valence-corrected chi connectivity index (χ1v) is 5.94. The summed E-state index contributed by atoms with van der Waals surface area (Å²) in [6.07, 6.45) is 1.91. The third-order valence-corrected chi connectivity index (χ3v) is 3.96. The molecule has 1 fully saturated rings. The van der Waals surface area contributed by atoms with Crippen molar-refractivity contribution in [2.24, 2.45) is 0 Å². The summed E-state index contributed by atoms with van der Waals surface area (Å²) in [5.74, 6) is -0.712. The highest BCUT2D eigenvalue weighted by Crippen LogP contribution is 2.39. The summed E-state index contributed by atoms with van der Waals surface area (Å²) in [5, 5.41) is 10.7. The fourth-order valence-electron chi connectivity index (χ4n) is 1.92. The average molecular weight is 226 g/mol. The number of hydrogen-bond donors (Lipinski definition) is 1. The number of aliphatic carboxylic acids is 1. The van der Waals surface area contributed by atoms with E-state index in [1.165, 1.54) is 4.88 Å². The molecule has 0 unspecified atom stereocenters. The van der Waals surface area contributed by atoms with E-state index in [2.05, 4.69) is 11.4 Å². The molecule has 1 saturated heterocycles. The van der Waals surface area contributed by atoms with Crippen LogP contribution in [0.1, 0.15) is 24.1 Å². The third kappa shape index (κ3) is 2.21. The lowest BCUT2D eigenvalue weighted by molar-refractivity contribution is -0.137. The molecule has 3 nitrogen and oxygen atoms in total. The van der Waals surface area contributed by atoms with E-state index in [9.17, 15) is 4.79 Å². The van der Waals surface area contributed by atoms with Gasteiger partial charge < -0.3 is 9.84 Å². The van der Waals surface area contributed by atoms with Crippen LogP contribution in [-0.2, 0) is 14.9 Å². The molecule has 1 aliphatic heterocycles. The van der Waals surface area contributed by atoms with E-state index in [0.717, 1.165) is 26.1 Å². The van der Waals surface area contributed by atoms with Crippen LogP contribution < -0.4 is 0 Å². The van der Waals surface area contributed by atoms with Gasteiger partial charge in [-0.05, 0) is 24.3 Å². The molecule has 0 amide bonds. The minimum atomic E-state index is -0.712. The van der Waals surface area contributed by atoms with E-state index in [1.54, 1.807) is 11.3 Å². The molecular formula is C11H14O3S. The van der Waals surface area contributed by atoms with E-state index in [-0.39, 0.29) is 11.8 Å². The molecule has 0 spiro atoms. The summed E-state index contributed by atoms with van der Waals surface area (Å²) in [4.78, 5) is 11.8. The lowest BCUT2D eigenvalue weighted by Crippen LogP contribution is -2.46. The largest absolute Gasteiger partial charge is 0.481 e. The number of carbonyl (C=O) groups is 1. The van der Waals surface area contributed by atoms with Crippen LogP contribution in [0, 0.1) is 0 Å². The Morgan fingerprint density at radius 3 is 2.87 bits per heavy atom. The van der Waals surface area contributed by atoms with E-state index < -0.39 is 5.97 Å². The predicted molar refractivity (Wildman–Crippen MR) is 58.3 cm³/mol. The second kappa shape index (κ2) is 4.33. The van der Waals surface area contributed by atoms with Crippen molar-refractivity contribution in [3.8, 4) is 0 Å². The molecule has 0 bridgehead atoms. The molecular weight excluding hydrogens is 212 g/mol. The van der Waals surface area contributed by atoms with E-state index in [0.29, 0.717) is 0 Å². The molecule has 1 aliphatic rings. The smallest absolute Gasteiger partial charge is 0.303 e. The first-order chi connectivity index (χ1) is 7.23. The first-order valence-electron chi connectivity index (χ1n) is 5.06. The number of hydrogen-bond acceptors (Lipinski definition) is 3. The van der Waals surface area contributed by atoms with Crippen LogP contribution in [0.15, 0.2) is 17.5 Å². The Balaban J connectivity index is 1.94. The van der Waals surface area contributed by atoms with Gasteiger partial charge in [-0.3, -0.25) is 4.79 Å². The molecule has 0 saturated carbocycles. The Kier molecular flexibility index (Phi) is 3.07. The molecule has 1 N–H and O–H groups in total. The van der Waals surface area contributed by atoms with Crippen LogP contribution in [0.5, 0.6) is 0 Å². The maximum absolute atomic E-state index is 10.4. The van der Waals surface area contributed by atoms with Gasteiger partial charge in [0.25, 0.3) is 0 Å². The van der Waals surface area contributed by atoms with Crippen molar-refractivity contribution in [1.82, 2.24) is 0 Å². The van der Waals surface area contributed by atoms with Crippen molar-refractivity contribution in [2.75, 3.05) is 13.2 Å². The summed E-state index contributed by atoms with van der Waals surface area (Å²) in [6, 6.07) is 4.16. The van der Waals surface area contributed by atoms with Crippen molar-refractivity contribution in [3.63, 3.8) is 0 Å². The van der Waals surface area contributed by atoms with Crippen LogP contribution in [0.2, 0.25) is 0 Å². The molecule has 4 heteroatoms.